The lowest BCUT2D eigenvalue weighted by Gasteiger charge is -2.26. The molecule has 0 fully saturated rings. The Labute approximate surface area is 194 Å². The Morgan fingerprint density at radius 3 is 2.50 bits per heavy atom. The van der Waals surface area contributed by atoms with Gasteiger partial charge in [0.1, 0.15) is 6.54 Å². The molecule has 0 saturated carbocycles. The molecule has 6 nitrogen and oxygen atoms in total. The van der Waals surface area contributed by atoms with Crippen molar-refractivity contribution in [1.82, 2.24) is 9.91 Å². The number of benzene rings is 2. The number of rotatable bonds is 8. The normalized spacial score (nSPS) is 15.6. The summed E-state index contributed by atoms with van der Waals surface area (Å²) in [6.07, 6.45) is 0.921. The number of halogens is 1. The average molecular weight is 456 g/mol. The zero-order valence-corrected chi connectivity index (χ0v) is 19.9. The quantitative estimate of drug-likeness (QED) is 0.588. The first-order valence-electron chi connectivity index (χ1n) is 10.8. The summed E-state index contributed by atoms with van der Waals surface area (Å²) in [6, 6.07) is 13.4. The number of hydrazone groups is 1. The third kappa shape index (κ3) is 5.56. The first-order valence-corrected chi connectivity index (χ1v) is 11.2. The molecule has 0 spiro atoms. The number of nitrogens with zero attached hydrogens (tertiary/aromatic N) is 3. The lowest BCUT2D eigenvalue weighted by atomic mass is 9.96. The molecular weight excluding hydrogens is 426 g/mol. The second-order valence-corrected chi connectivity index (χ2v) is 8.45. The summed E-state index contributed by atoms with van der Waals surface area (Å²) in [5, 5.41) is 6.89. The maximum Gasteiger partial charge on any atom is 0.262 e. The summed E-state index contributed by atoms with van der Waals surface area (Å²) in [7, 11) is 1.58. The van der Waals surface area contributed by atoms with Crippen LogP contribution in [0.3, 0.4) is 0 Å². The van der Waals surface area contributed by atoms with Crippen LogP contribution >= 0.6 is 11.6 Å². The van der Waals surface area contributed by atoms with E-state index in [1.54, 1.807) is 14.0 Å². The first-order chi connectivity index (χ1) is 15.3. The number of methoxy groups -OCH3 is 1. The molecule has 1 aliphatic heterocycles. The topological polar surface area (TPSA) is 62.2 Å². The molecule has 1 heterocycles. The van der Waals surface area contributed by atoms with Gasteiger partial charge < -0.3 is 9.64 Å². The molecule has 1 aliphatic rings. The number of amides is 2. The molecule has 0 N–H and O–H groups in total. The van der Waals surface area contributed by atoms with Crippen LogP contribution in [0.5, 0.6) is 0 Å². The zero-order valence-electron chi connectivity index (χ0n) is 19.1. The van der Waals surface area contributed by atoms with E-state index in [1.807, 2.05) is 30.3 Å². The number of aryl methyl sites for hydroxylation is 2. The third-order valence-corrected chi connectivity index (χ3v) is 6.06. The molecule has 0 aromatic heterocycles. The average Bonchev–Trinajstić information content (AvgIpc) is 3.24. The van der Waals surface area contributed by atoms with E-state index in [4.69, 9.17) is 21.4 Å². The highest BCUT2D eigenvalue weighted by molar-refractivity contribution is 6.30. The Morgan fingerprint density at radius 2 is 1.88 bits per heavy atom. The van der Waals surface area contributed by atoms with E-state index in [-0.39, 0.29) is 24.4 Å². The summed E-state index contributed by atoms with van der Waals surface area (Å²) in [6.45, 7) is 6.62. The predicted molar refractivity (Wildman–Crippen MR) is 127 cm³/mol. The van der Waals surface area contributed by atoms with Crippen molar-refractivity contribution in [3.8, 4) is 0 Å². The lowest BCUT2D eigenvalue weighted by Crippen LogP contribution is -2.42. The second kappa shape index (κ2) is 10.7. The predicted octanol–water partition coefficient (Wildman–Crippen LogP) is 4.52. The van der Waals surface area contributed by atoms with Gasteiger partial charge in [0, 0.05) is 31.5 Å². The fraction of sp³-hybridized carbons (Fsp3) is 0.400. The van der Waals surface area contributed by atoms with E-state index in [1.165, 1.54) is 21.0 Å². The molecule has 7 heteroatoms. The van der Waals surface area contributed by atoms with Gasteiger partial charge in [0.2, 0.25) is 5.91 Å². The van der Waals surface area contributed by atoms with Gasteiger partial charge >= 0.3 is 0 Å². The van der Waals surface area contributed by atoms with Crippen molar-refractivity contribution in [3.05, 3.63) is 69.7 Å². The number of carbonyl (C=O) groups excluding carboxylic acids is 2. The second-order valence-electron chi connectivity index (χ2n) is 8.02. The van der Waals surface area contributed by atoms with Crippen molar-refractivity contribution in [3.63, 3.8) is 0 Å². The van der Waals surface area contributed by atoms with Crippen LogP contribution in [0.2, 0.25) is 5.02 Å². The van der Waals surface area contributed by atoms with Gasteiger partial charge in [-0.15, -0.1) is 0 Å². The van der Waals surface area contributed by atoms with Crippen molar-refractivity contribution in [2.45, 2.75) is 39.7 Å². The molecule has 0 aliphatic carbocycles. The van der Waals surface area contributed by atoms with Crippen LogP contribution in [-0.2, 0) is 14.3 Å². The van der Waals surface area contributed by atoms with Crippen molar-refractivity contribution in [2.75, 3.05) is 26.8 Å². The van der Waals surface area contributed by atoms with Crippen LogP contribution in [0.15, 0.2) is 47.6 Å². The lowest BCUT2D eigenvalue weighted by molar-refractivity contribution is -0.141. The highest BCUT2D eigenvalue weighted by Gasteiger charge is 2.34. The molecule has 0 bridgehead atoms. The van der Waals surface area contributed by atoms with Crippen molar-refractivity contribution in [1.29, 1.82) is 0 Å². The molecule has 3 rings (SSSR count). The number of carbonyl (C=O) groups is 2. The number of hydrogen-bond donors (Lipinski definition) is 0. The van der Waals surface area contributed by atoms with Gasteiger partial charge in [-0.25, -0.2) is 5.01 Å². The van der Waals surface area contributed by atoms with Gasteiger partial charge in [-0.3, -0.25) is 9.59 Å². The summed E-state index contributed by atoms with van der Waals surface area (Å²) >= 11 is 6.08. The highest BCUT2D eigenvalue weighted by atomic mass is 35.5. The molecule has 2 aromatic rings. The number of ether oxygens (including phenoxy) is 1. The molecule has 1 atom stereocenters. The largest absolute Gasteiger partial charge is 0.383 e. The SMILES string of the molecule is CCC(=O)N(CCOC)CC(=O)N1N=C(c2ccc(C)c(C)c2)CC1c1ccc(Cl)cc1. The molecule has 2 amide bonds. The van der Waals surface area contributed by atoms with Crippen molar-refractivity contribution < 1.29 is 14.3 Å². The van der Waals surface area contributed by atoms with Crippen molar-refractivity contribution in [2.24, 2.45) is 5.10 Å². The Morgan fingerprint density at radius 1 is 1.16 bits per heavy atom. The Balaban J connectivity index is 1.91. The Hall–Kier alpha value is -2.70. The fourth-order valence-electron chi connectivity index (χ4n) is 3.73. The Bertz CT molecular complexity index is 1000. The van der Waals surface area contributed by atoms with Crippen molar-refractivity contribution >= 4 is 29.1 Å². The van der Waals surface area contributed by atoms with Gasteiger partial charge in [0.05, 0.1) is 18.4 Å². The van der Waals surface area contributed by atoms with E-state index in [0.29, 0.717) is 31.0 Å². The summed E-state index contributed by atoms with van der Waals surface area (Å²) in [4.78, 5) is 27.2. The van der Waals surface area contributed by atoms with Crippen LogP contribution < -0.4 is 0 Å². The summed E-state index contributed by atoms with van der Waals surface area (Å²) in [5.41, 5.74) is 5.20. The van der Waals surface area contributed by atoms with Gasteiger partial charge in [0.15, 0.2) is 0 Å². The van der Waals surface area contributed by atoms with Crippen LogP contribution in [0.4, 0.5) is 0 Å². The zero-order chi connectivity index (χ0) is 23.3. The minimum Gasteiger partial charge on any atom is -0.383 e. The monoisotopic (exact) mass is 455 g/mol. The van der Waals surface area contributed by atoms with Gasteiger partial charge in [-0.2, -0.15) is 5.10 Å². The molecule has 32 heavy (non-hydrogen) atoms. The van der Waals surface area contributed by atoms with E-state index in [0.717, 1.165) is 16.8 Å². The van der Waals surface area contributed by atoms with Gasteiger partial charge in [-0.1, -0.05) is 42.8 Å². The van der Waals surface area contributed by atoms with E-state index in [2.05, 4.69) is 26.0 Å². The van der Waals surface area contributed by atoms with Crippen LogP contribution in [-0.4, -0.2) is 54.2 Å². The van der Waals surface area contributed by atoms with Crippen LogP contribution in [0.25, 0.3) is 0 Å². The maximum atomic E-state index is 13.3. The molecular formula is C25H30ClN3O3. The molecule has 170 valence electrons. The fourth-order valence-corrected chi connectivity index (χ4v) is 3.86. The molecule has 0 radical (unpaired) electrons. The molecule has 2 aromatic carbocycles. The maximum absolute atomic E-state index is 13.3. The van der Waals surface area contributed by atoms with Crippen LogP contribution in [0.1, 0.15) is 48.1 Å². The summed E-state index contributed by atoms with van der Waals surface area (Å²) in [5.74, 6) is -0.308. The van der Waals surface area contributed by atoms with Gasteiger partial charge in [0.25, 0.3) is 5.91 Å². The summed E-state index contributed by atoms with van der Waals surface area (Å²) < 4.78 is 5.11. The minimum absolute atomic E-state index is 0.0379. The standard InChI is InChI=1S/C25H30ClN3O3/c1-5-24(30)28(12-13-32-4)16-25(31)29-23(19-8-10-21(26)11-9-19)15-22(27-29)20-7-6-17(2)18(3)14-20/h6-11,14,23H,5,12-13,15-16H2,1-4H3. The van der Waals surface area contributed by atoms with E-state index < -0.39 is 0 Å². The highest BCUT2D eigenvalue weighted by Crippen LogP contribution is 2.33. The number of hydrogen-bond acceptors (Lipinski definition) is 4. The van der Waals surface area contributed by atoms with Crippen LogP contribution in [0, 0.1) is 13.8 Å². The molecule has 0 saturated heterocycles. The molecule has 1 unspecified atom stereocenters. The third-order valence-electron chi connectivity index (χ3n) is 5.81. The van der Waals surface area contributed by atoms with E-state index in [9.17, 15) is 9.59 Å². The van der Waals surface area contributed by atoms with E-state index >= 15 is 0 Å². The van der Waals surface area contributed by atoms with Gasteiger partial charge in [-0.05, 0) is 54.3 Å². The minimum atomic E-state index is -0.252. The Kier molecular flexibility index (Phi) is 8.04. The smallest absolute Gasteiger partial charge is 0.262 e. The first kappa shape index (κ1) is 24.0.